The lowest BCUT2D eigenvalue weighted by Crippen LogP contribution is -2.60. The summed E-state index contributed by atoms with van der Waals surface area (Å²) in [4.78, 5) is 12.6. The second-order valence-electron chi connectivity index (χ2n) is 6.61. The number of carbonyl (C=O) groups excluding carboxylic acids is 1. The van der Waals surface area contributed by atoms with Crippen molar-refractivity contribution < 1.29 is 17.6 Å². The average molecular weight is 408 g/mol. The lowest BCUT2D eigenvalue weighted by atomic mass is 9.82. The second kappa shape index (κ2) is 9.64. The molecule has 2 rings (SSSR count). The molecule has 0 heterocycles. The SMILES string of the molecule is CNC(C)CNC(=O)C1(NS(=O)(=O)c2cccc(F)c2)CCCCC1.Cl. The van der Waals surface area contributed by atoms with E-state index in [0.717, 1.165) is 25.3 Å². The van der Waals surface area contributed by atoms with Crippen LogP contribution in [0.4, 0.5) is 4.39 Å². The number of likely N-dealkylation sites (N-methyl/N-ethyl adjacent to an activating group) is 1. The number of benzene rings is 1. The van der Waals surface area contributed by atoms with E-state index in [2.05, 4.69) is 15.4 Å². The lowest BCUT2D eigenvalue weighted by Gasteiger charge is -2.36. The number of hydrogen-bond donors (Lipinski definition) is 3. The molecule has 0 bridgehead atoms. The molecular formula is C17H27ClFN3O3S. The van der Waals surface area contributed by atoms with E-state index in [1.807, 2.05) is 6.92 Å². The Hall–Kier alpha value is -1.22. The molecular weight excluding hydrogens is 381 g/mol. The van der Waals surface area contributed by atoms with Crippen LogP contribution in [0.25, 0.3) is 0 Å². The highest BCUT2D eigenvalue weighted by molar-refractivity contribution is 7.89. The van der Waals surface area contributed by atoms with Crippen LogP contribution in [0.5, 0.6) is 0 Å². The van der Waals surface area contributed by atoms with Gasteiger partial charge in [0.05, 0.1) is 4.90 Å². The minimum absolute atomic E-state index is 0. The summed E-state index contributed by atoms with van der Waals surface area (Å²) in [6, 6.07) is 4.88. The number of halogens is 2. The third-order valence-corrected chi connectivity index (χ3v) is 6.17. The monoisotopic (exact) mass is 407 g/mol. The quantitative estimate of drug-likeness (QED) is 0.644. The largest absolute Gasteiger partial charge is 0.353 e. The summed E-state index contributed by atoms with van der Waals surface area (Å²) in [5.74, 6) is -0.956. The maximum absolute atomic E-state index is 13.4. The molecule has 0 saturated heterocycles. The minimum Gasteiger partial charge on any atom is -0.353 e. The number of nitrogens with one attached hydrogen (secondary N) is 3. The van der Waals surface area contributed by atoms with Gasteiger partial charge < -0.3 is 10.6 Å². The van der Waals surface area contributed by atoms with Gasteiger partial charge in [0.1, 0.15) is 11.4 Å². The first-order valence-corrected chi connectivity index (χ1v) is 10.0. The van der Waals surface area contributed by atoms with Crippen molar-refractivity contribution in [3.05, 3.63) is 30.1 Å². The molecule has 3 N–H and O–H groups in total. The van der Waals surface area contributed by atoms with Crippen molar-refractivity contribution in [3.63, 3.8) is 0 Å². The van der Waals surface area contributed by atoms with Crippen LogP contribution in [0, 0.1) is 5.82 Å². The maximum Gasteiger partial charge on any atom is 0.241 e. The van der Waals surface area contributed by atoms with E-state index in [1.165, 1.54) is 18.2 Å². The van der Waals surface area contributed by atoms with E-state index in [4.69, 9.17) is 0 Å². The first-order chi connectivity index (χ1) is 11.8. The Balaban J connectivity index is 0.00000338. The van der Waals surface area contributed by atoms with Gasteiger partial charge in [-0.3, -0.25) is 4.79 Å². The van der Waals surface area contributed by atoms with Crippen molar-refractivity contribution in [1.29, 1.82) is 0 Å². The van der Waals surface area contributed by atoms with E-state index in [-0.39, 0.29) is 29.3 Å². The van der Waals surface area contributed by atoms with Crippen LogP contribution in [-0.2, 0) is 14.8 Å². The Morgan fingerprint density at radius 3 is 2.50 bits per heavy atom. The van der Waals surface area contributed by atoms with Crippen LogP contribution >= 0.6 is 12.4 Å². The van der Waals surface area contributed by atoms with Gasteiger partial charge in [-0.2, -0.15) is 4.72 Å². The van der Waals surface area contributed by atoms with Crippen molar-refractivity contribution >= 4 is 28.3 Å². The van der Waals surface area contributed by atoms with Crippen molar-refractivity contribution in [1.82, 2.24) is 15.4 Å². The summed E-state index contributed by atoms with van der Waals surface area (Å²) in [5, 5.41) is 5.85. The van der Waals surface area contributed by atoms with Gasteiger partial charge in [0.2, 0.25) is 15.9 Å². The fourth-order valence-electron chi connectivity index (χ4n) is 3.00. The smallest absolute Gasteiger partial charge is 0.241 e. The van der Waals surface area contributed by atoms with Gasteiger partial charge in [-0.25, -0.2) is 12.8 Å². The number of hydrogen-bond acceptors (Lipinski definition) is 4. The number of sulfonamides is 1. The van der Waals surface area contributed by atoms with Gasteiger partial charge in [-0.15, -0.1) is 12.4 Å². The third kappa shape index (κ3) is 5.64. The fourth-order valence-corrected chi connectivity index (χ4v) is 4.45. The summed E-state index contributed by atoms with van der Waals surface area (Å²) < 4.78 is 41.3. The molecule has 1 unspecified atom stereocenters. The van der Waals surface area contributed by atoms with E-state index in [1.54, 1.807) is 7.05 Å². The minimum atomic E-state index is -4.00. The molecule has 0 radical (unpaired) electrons. The van der Waals surface area contributed by atoms with E-state index < -0.39 is 21.4 Å². The third-order valence-electron chi connectivity index (χ3n) is 4.64. The van der Waals surface area contributed by atoms with E-state index in [9.17, 15) is 17.6 Å². The molecule has 1 aliphatic rings. The molecule has 1 aromatic rings. The molecule has 0 aliphatic heterocycles. The Morgan fingerprint density at radius 1 is 1.27 bits per heavy atom. The molecule has 0 spiro atoms. The first-order valence-electron chi connectivity index (χ1n) is 8.54. The summed E-state index contributed by atoms with van der Waals surface area (Å²) in [5.41, 5.74) is -1.18. The van der Waals surface area contributed by atoms with Crippen molar-refractivity contribution in [2.24, 2.45) is 0 Å². The van der Waals surface area contributed by atoms with Gasteiger partial charge >= 0.3 is 0 Å². The molecule has 1 aliphatic carbocycles. The Bertz CT molecular complexity index is 709. The van der Waals surface area contributed by atoms with Crippen molar-refractivity contribution in [2.75, 3.05) is 13.6 Å². The standard InChI is InChI=1S/C17H26FN3O3S.ClH/c1-13(19-2)12-20-16(22)17(9-4-3-5-10-17)21-25(23,24)15-8-6-7-14(18)11-15;/h6-8,11,13,19,21H,3-5,9-10,12H2,1-2H3,(H,20,22);1H. The summed E-state index contributed by atoms with van der Waals surface area (Å²) in [6.45, 7) is 2.32. The topological polar surface area (TPSA) is 87.3 Å². The summed E-state index contributed by atoms with van der Waals surface area (Å²) >= 11 is 0. The van der Waals surface area contributed by atoms with Crippen LogP contribution in [-0.4, -0.2) is 39.5 Å². The van der Waals surface area contributed by atoms with Gasteiger partial charge in [0, 0.05) is 12.6 Å². The molecule has 9 heteroatoms. The van der Waals surface area contributed by atoms with Gasteiger partial charge in [-0.1, -0.05) is 25.3 Å². The number of amides is 1. The second-order valence-corrected chi connectivity index (χ2v) is 8.29. The zero-order valence-electron chi connectivity index (χ0n) is 15.0. The molecule has 26 heavy (non-hydrogen) atoms. The number of rotatable bonds is 7. The maximum atomic E-state index is 13.4. The molecule has 1 amide bonds. The van der Waals surface area contributed by atoms with Crippen LogP contribution < -0.4 is 15.4 Å². The van der Waals surface area contributed by atoms with Crippen molar-refractivity contribution in [2.45, 2.75) is 55.5 Å². The lowest BCUT2D eigenvalue weighted by molar-refractivity contribution is -0.128. The summed E-state index contributed by atoms with van der Waals surface area (Å²) in [7, 11) is -2.20. The number of carbonyl (C=O) groups is 1. The Labute approximate surface area is 160 Å². The highest BCUT2D eigenvalue weighted by atomic mass is 35.5. The average Bonchev–Trinajstić information content (AvgIpc) is 2.59. The zero-order chi connectivity index (χ0) is 18.5. The molecule has 148 valence electrons. The molecule has 1 aromatic carbocycles. The molecule has 1 atom stereocenters. The van der Waals surface area contributed by atoms with Gasteiger partial charge in [0.15, 0.2) is 0 Å². The molecule has 0 aromatic heterocycles. The Morgan fingerprint density at radius 2 is 1.92 bits per heavy atom. The van der Waals surface area contributed by atoms with Crippen molar-refractivity contribution in [3.8, 4) is 0 Å². The van der Waals surface area contributed by atoms with E-state index in [0.29, 0.717) is 19.4 Å². The molecule has 1 saturated carbocycles. The van der Waals surface area contributed by atoms with Gasteiger partial charge in [-0.05, 0) is 45.0 Å². The van der Waals surface area contributed by atoms with Gasteiger partial charge in [0.25, 0.3) is 0 Å². The predicted molar refractivity (Wildman–Crippen MR) is 101 cm³/mol. The van der Waals surface area contributed by atoms with Crippen LogP contribution in [0.1, 0.15) is 39.0 Å². The predicted octanol–water partition coefficient (Wildman–Crippen LogP) is 1.95. The zero-order valence-corrected chi connectivity index (χ0v) is 16.7. The summed E-state index contributed by atoms with van der Waals surface area (Å²) in [6.07, 6.45) is 3.35. The molecule has 6 nitrogen and oxygen atoms in total. The van der Waals surface area contributed by atoms with Crippen LogP contribution in [0.2, 0.25) is 0 Å². The highest BCUT2D eigenvalue weighted by Gasteiger charge is 2.43. The fraction of sp³-hybridized carbons (Fsp3) is 0.588. The highest BCUT2D eigenvalue weighted by Crippen LogP contribution is 2.30. The van der Waals surface area contributed by atoms with Crippen LogP contribution in [0.15, 0.2) is 29.2 Å². The first kappa shape index (κ1) is 22.8. The Kier molecular flexibility index (Phi) is 8.46. The molecule has 1 fully saturated rings. The van der Waals surface area contributed by atoms with Crippen LogP contribution in [0.3, 0.4) is 0 Å². The normalized spacial score (nSPS) is 17.8. The van der Waals surface area contributed by atoms with E-state index >= 15 is 0 Å².